The van der Waals surface area contributed by atoms with Crippen LogP contribution in [-0.2, 0) is 0 Å². The molecule has 1 aromatic rings. The maximum Gasteiger partial charge on any atom is 0.0551 e. The molecule has 70 valence electrons. The highest BCUT2D eigenvalue weighted by Gasteiger charge is 2.29. The maximum absolute atomic E-state index is 3.51. The van der Waals surface area contributed by atoms with E-state index in [1.54, 1.807) is 0 Å². The predicted octanol–water partition coefficient (Wildman–Crippen LogP) is 3.45. The summed E-state index contributed by atoms with van der Waals surface area (Å²) < 4.78 is 1.15. The van der Waals surface area contributed by atoms with Crippen molar-refractivity contribution in [2.75, 3.05) is 5.32 Å². The fourth-order valence-electron chi connectivity index (χ4n) is 2.16. The SMILES string of the molecule is Brc1ccc2c(c1)C1C=CC=CC1N2. The lowest BCUT2D eigenvalue weighted by Gasteiger charge is -2.15. The van der Waals surface area contributed by atoms with Gasteiger partial charge in [0.2, 0.25) is 0 Å². The van der Waals surface area contributed by atoms with Crippen LogP contribution in [-0.4, -0.2) is 6.04 Å². The highest BCUT2D eigenvalue weighted by molar-refractivity contribution is 9.10. The molecular formula is C12H10BrN. The molecule has 2 atom stereocenters. The molecule has 14 heavy (non-hydrogen) atoms. The van der Waals surface area contributed by atoms with Crippen molar-refractivity contribution in [1.29, 1.82) is 0 Å². The fraction of sp³-hybridized carbons (Fsp3) is 0.167. The molecular weight excluding hydrogens is 238 g/mol. The molecule has 2 heteroatoms. The number of halogens is 1. The second-order valence-electron chi connectivity index (χ2n) is 3.70. The summed E-state index contributed by atoms with van der Waals surface area (Å²) in [6.45, 7) is 0. The minimum absolute atomic E-state index is 0.448. The minimum Gasteiger partial charge on any atom is -0.378 e. The van der Waals surface area contributed by atoms with Gasteiger partial charge in [-0.15, -0.1) is 0 Å². The highest BCUT2D eigenvalue weighted by Crippen LogP contribution is 2.39. The molecule has 0 radical (unpaired) electrons. The Morgan fingerprint density at radius 2 is 2.00 bits per heavy atom. The average Bonchev–Trinajstić information content (AvgIpc) is 2.56. The molecule has 0 bridgehead atoms. The van der Waals surface area contributed by atoms with Gasteiger partial charge in [-0.05, 0) is 23.8 Å². The van der Waals surface area contributed by atoms with Crippen LogP contribution in [0.1, 0.15) is 11.5 Å². The van der Waals surface area contributed by atoms with E-state index in [1.807, 2.05) is 0 Å². The zero-order valence-corrected chi connectivity index (χ0v) is 9.16. The molecule has 1 N–H and O–H groups in total. The third-order valence-corrected chi connectivity index (χ3v) is 3.32. The van der Waals surface area contributed by atoms with Crippen LogP contribution in [0.3, 0.4) is 0 Å². The van der Waals surface area contributed by atoms with Gasteiger partial charge >= 0.3 is 0 Å². The summed E-state index contributed by atoms with van der Waals surface area (Å²) in [5.41, 5.74) is 2.66. The van der Waals surface area contributed by atoms with Crippen LogP contribution in [0.15, 0.2) is 47.0 Å². The summed E-state index contributed by atoms with van der Waals surface area (Å²) in [6.07, 6.45) is 8.71. The van der Waals surface area contributed by atoms with Crippen molar-refractivity contribution in [3.63, 3.8) is 0 Å². The summed E-state index contributed by atoms with van der Waals surface area (Å²) in [5, 5.41) is 3.50. The van der Waals surface area contributed by atoms with Gasteiger partial charge in [0.15, 0.2) is 0 Å². The summed E-state index contributed by atoms with van der Waals surface area (Å²) in [4.78, 5) is 0. The first-order valence-electron chi connectivity index (χ1n) is 4.75. The molecule has 1 aliphatic heterocycles. The number of hydrogen-bond donors (Lipinski definition) is 1. The first kappa shape index (κ1) is 8.30. The zero-order valence-electron chi connectivity index (χ0n) is 7.57. The van der Waals surface area contributed by atoms with E-state index < -0.39 is 0 Å². The Kier molecular flexibility index (Phi) is 1.77. The molecule has 1 aromatic carbocycles. The topological polar surface area (TPSA) is 12.0 Å². The molecule has 0 spiro atoms. The highest BCUT2D eigenvalue weighted by atomic mass is 79.9. The second kappa shape index (κ2) is 2.99. The summed E-state index contributed by atoms with van der Waals surface area (Å²) in [7, 11) is 0. The van der Waals surface area contributed by atoms with E-state index in [2.05, 4.69) is 63.7 Å². The van der Waals surface area contributed by atoms with Gasteiger partial charge in [-0.3, -0.25) is 0 Å². The van der Waals surface area contributed by atoms with Crippen LogP contribution < -0.4 is 5.32 Å². The average molecular weight is 248 g/mol. The Hall–Kier alpha value is -1.02. The van der Waals surface area contributed by atoms with E-state index in [0.717, 1.165) is 4.47 Å². The third kappa shape index (κ3) is 1.14. The molecule has 1 nitrogen and oxygen atoms in total. The van der Waals surface area contributed by atoms with Crippen LogP contribution in [0.25, 0.3) is 0 Å². The smallest absolute Gasteiger partial charge is 0.0551 e. The second-order valence-corrected chi connectivity index (χ2v) is 4.61. The summed E-state index contributed by atoms with van der Waals surface area (Å²) in [5.74, 6) is 0.507. The van der Waals surface area contributed by atoms with Crippen molar-refractivity contribution in [3.8, 4) is 0 Å². The normalized spacial score (nSPS) is 26.9. The molecule has 0 amide bonds. The minimum atomic E-state index is 0.448. The van der Waals surface area contributed by atoms with Gasteiger partial charge in [0, 0.05) is 16.1 Å². The van der Waals surface area contributed by atoms with Gasteiger partial charge in [-0.25, -0.2) is 0 Å². The molecule has 2 unspecified atom stereocenters. The quantitative estimate of drug-likeness (QED) is 0.741. The molecule has 3 rings (SSSR count). The number of allylic oxidation sites excluding steroid dienone is 2. The van der Waals surface area contributed by atoms with Gasteiger partial charge in [-0.1, -0.05) is 40.2 Å². The molecule has 2 aliphatic rings. The van der Waals surface area contributed by atoms with Gasteiger partial charge < -0.3 is 5.32 Å². The van der Waals surface area contributed by atoms with Crippen molar-refractivity contribution >= 4 is 21.6 Å². The Morgan fingerprint density at radius 3 is 2.93 bits per heavy atom. The van der Waals surface area contributed by atoms with Crippen LogP contribution in [0.5, 0.6) is 0 Å². The Labute approximate surface area is 91.6 Å². The van der Waals surface area contributed by atoms with Crippen molar-refractivity contribution in [2.24, 2.45) is 0 Å². The number of benzene rings is 1. The van der Waals surface area contributed by atoms with E-state index in [9.17, 15) is 0 Å². The molecule has 0 fully saturated rings. The molecule has 1 heterocycles. The van der Waals surface area contributed by atoms with Crippen molar-refractivity contribution in [3.05, 3.63) is 52.5 Å². The van der Waals surface area contributed by atoms with E-state index in [4.69, 9.17) is 0 Å². The monoisotopic (exact) mass is 247 g/mol. The van der Waals surface area contributed by atoms with Crippen molar-refractivity contribution in [2.45, 2.75) is 12.0 Å². The number of hydrogen-bond acceptors (Lipinski definition) is 1. The van der Waals surface area contributed by atoms with Gasteiger partial charge in [0.25, 0.3) is 0 Å². The molecule has 0 saturated carbocycles. The van der Waals surface area contributed by atoms with Crippen molar-refractivity contribution < 1.29 is 0 Å². The first-order chi connectivity index (χ1) is 6.84. The lowest BCUT2D eigenvalue weighted by Crippen LogP contribution is -2.17. The van der Waals surface area contributed by atoms with Gasteiger partial charge in [0.05, 0.1) is 6.04 Å². The Morgan fingerprint density at radius 1 is 1.14 bits per heavy atom. The van der Waals surface area contributed by atoms with Crippen LogP contribution >= 0.6 is 15.9 Å². The summed E-state index contributed by atoms with van der Waals surface area (Å²) in [6, 6.07) is 6.87. The van der Waals surface area contributed by atoms with E-state index in [1.165, 1.54) is 11.3 Å². The van der Waals surface area contributed by atoms with Crippen molar-refractivity contribution in [1.82, 2.24) is 0 Å². The molecule has 1 aliphatic carbocycles. The van der Waals surface area contributed by atoms with Gasteiger partial charge in [0.1, 0.15) is 0 Å². The number of nitrogens with one attached hydrogen (secondary N) is 1. The predicted molar refractivity (Wildman–Crippen MR) is 62.6 cm³/mol. The van der Waals surface area contributed by atoms with E-state index >= 15 is 0 Å². The van der Waals surface area contributed by atoms with Crippen LogP contribution in [0.2, 0.25) is 0 Å². The molecule has 0 saturated heterocycles. The maximum atomic E-state index is 3.51. The lowest BCUT2D eigenvalue weighted by atomic mass is 9.92. The number of rotatable bonds is 0. The number of fused-ring (bicyclic) bond motifs is 3. The van der Waals surface area contributed by atoms with Crippen LogP contribution in [0, 0.1) is 0 Å². The standard InChI is InChI=1S/C12H10BrN/c13-8-5-6-12-10(7-8)9-3-1-2-4-11(9)14-12/h1-7,9,11,14H. The summed E-state index contributed by atoms with van der Waals surface area (Å²) >= 11 is 3.51. The lowest BCUT2D eigenvalue weighted by molar-refractivity contribution is 0.805. The van der Waals surface area contributed by atoms with E-state index in [0.29, 0.717) is 12.0 Å². The Bertz CT molecular complexity index is 434. The van der Waals surface area contributed by atoms with Crippen LogP contribution in [0.4, 0.5) is 5.69 Å². The molecule has 0 aromatic heterocycles. The number of anilines is 1. The van der Waals surface area contributed by atoms with Gasteiger partial charge in [-0.2, -0.15) is 0 Å². The third-order valence-electron chi connectivity index (χ3n) is 2.83. The zero-order chi connectivity index (χ0) is 9.54. The fourth-order valence-corrected chi connectivity index (χ4v) is 2.54. The largest absolute Gasteiger partial charge is 0.378 e. The van der Waals surface area contributed by atoms with E-state index in [-0.39, 0.29) is 0 Å². The Balaban J connectivity index is 2.12. The first-order valence-corrected chi connectivity index (χ1v) is 5.55.